The van der Waals surface area contributed by atoms with Crippen LogP contribution in [0.25, 0.3) is 0 Å². The second-order valence-electron chi connectivity index (χ2n) is 12.6. The Kier molecular flexibility index (Phi) is 14.0. The van der Waals surface area contributed by atoms with Gasteiger partial charge in [-0.2, -0.15) is 0 Å². The van der Waals surface area contributed by atoms with Gasteiger partial charge in [0.25, 0.3) is 5.91 Å². The van der Waals surface area contributed by atoms with E-state index in [1.165, 1.54) is 6.42 Å². The lowest BCUT2D eigenvalue weighted by atomic mass is 9.92. The number of carbonyl (C=O) groups is 3. The number of benzene rings is 2. The zero-order valence-electron chi connectivity index (χ0n) is 27.7. The fraction of sp³-hybridized carbons (Fsp3) is 0.571. The van der Waals surface area contributed by atoms with Crippen LogP contribution in [-0.2, 0) is 14.3 Å². The molecule has 2 N–H and O–H groups in total. The Morgan fingerprint density at radius 1 is 0.884 bits per heavy atom. The first kappa shape index (κ1) is 35.6. The molecule has 2 atom stereocenters. The average Bonchev–Trinajstić information content (AvgIpc) is 2.93. The third-order valence-electron chi connectivity index (χ3n) is 7.37. The molecule has 8 nitrogen and oxygen atoms in total. The van der Waals surface area contributed by atoms with E-state index < -0.39 is 23.8 Å². The maximum absolute atomic E-state index is 14.5. The molecule has 0 bridgehead atoms. The smallest absolute Gasteiger partial charge is 0.408 e. The number of rotatable bonds is 15. The summed E-state index contributed by atoms with van der Waals surface area (Å²) in [4.78, 5) is 43.2. The normalized spacial score (nSPS) is 12.8. The van der Waals surface area contributed by atoms with Gasteiger partial charge in [-0.05, 0) is 87.9 Å². The second kappa shape index (κ2) is 16.9. The molecule has 2 rings (SSSR count). The summed E-state index contributed by atoms with van der Waals surface area (Å²) in [5.74, 6) is -0.193. The molecule has 8 heteroatoms. The number of carbonyl (C=O) groups excluding carboxylic acids is 3. The Morgan fingerprint density at radius 2 is 1.47 bits per heavy atom. The number of unbranched alkanes of at least 4 members (excludes halogenated alkanes) is 5. The summed E-state index contributed by atoms with van der Waals surface area (Å²) in [6, 6.07) is 11.2. The Labute approximate surface area is 258 Å². The number of nitrogens with zero attached hydrogens (tertiary/aromatic N) is 1. The Morgan fingerprint density at radius 3 is 2.00 bits per heavy atom. The van der Waals surface area contributed by atoms with E-state index in [0.29, 0.717) is 18.0 Å². The third kappa shape index (κ3) is 11.2. The van der Waals surface area contributed by atoms with Crippen molar-refractivity contribution < 1.29 is 23.9 Å². The van der Waals surface area contributed by atoms with Crippen LogP contribution < -0.4 is 15.4 Å². The van der Waals surface area contributed by atoms with Gasteiger partial charge in [0.15, 0.2) is 0 Å². The largest absolute Gasteiger partial charge is 0.497 e. The zero-order valence-corrected chi connectivity index (χ0v) is 27.7. The maximum atomic E-state index is 14.5. The van der Waals surface area contributed by atoms with E-state index in [1.54, 1.807) is 57.0 Å². The molecule has 0 saturated carbocycles. The van der Waals surface area contributed by atoms with Crippen molar-refractivity contribution in [3.63, 3.8) is 0 Å². The van der Waals surface area contributed by atoms with Gasteiger partial charge in [0, 0.05) is 12.2 Å². The number of ether oxygens (including phenoxy) is 2. The fourth-order valence-corrected chi connectivity index (χ4v) is 5.13. The van der Waals surface area contributed by atoms with E-state index in [9.17, 15) is 14.4 Å². The van der Waals surface area contributed by atoms with E-state index in [1.807, 2.05) is 45.9 Å². The van der Waals surface area contributed by atoms with Crippen molar-refractivity contribution in [3.05, 3.63) is 59.2 Å². The topological polar surface area (TPSA) is 97.0 Å². The highest BCUT2D eigenvalue weighted by Crippen LogP contribution is 2.31. The van der Waals surface area contributed by atoms with Crippen LogP contribution in [0.15, 0.2) is 42.5 Å². The second-order valence-corrected chi connectivity index (χ2v) is 12.6. The van der Waals surface area contributed by atoms with Crippen LogP contribution in [-0.4, -0.2) is 48.1 Å². The van der Waals surface area contributed by atoms with Crippen molar-refractivity contribution in [1.29, 1.82) is 0 Å². The molecule has 0 aliphatic rings. The van der Waals surface area contributed by atoms with Crippen LogP contribution in [0.5, 0.6) is 5.75 Å². The number of hydrogen-bond acceptors (Lipinski definition) is 5. The van der Waals surface area contributed by atoms with Crippen LogP contribution in [0.1, 0.15) is 103 Å². The Hall–Kier alpha value is -3.55. The molecular weight excluding hydrogens is 542 g/mol. The van der Waals surface area contributed by atoms with Crippen molar-refractivity contribution in [3.8, 4) is 5.75 Å². The molecule has 2 aromatic rings. The predicted octanol–water partition coefficient (Wildman–Crippen LogP) is 7.73. The van der Waals surface area contributed by atoms with Gasteiger partial charge in [-0.15, -0.1) is 0 Å². The first-order valence-electron chi connectivity index (χ1n) is 15.6. The van der Waals surface area contributed by atoms with Gasteiger partial charge < -0.3 is 25.0 Å². The van der Waals surface area contributed by atoms with E-state index in [2.05, 4.69) is 17.6 Å². The molecule has 0 radical (unpaired) electrons. The third-order valence-corrected chi connectivity index (χ3v) is 7.37. The monoisotopic (exact) mass is 595 g/mol. The molecule has 0 heterocycles. The van der Waals surface area contributed by atoms with E-state index >= 15 is 0 Å². The maximum Gasteiger partial charge on any atom is 0.408 e. The molecule has 43 heavy (non-hydrogen) atoms. The average molecular weight is 596 g/mol. The highest BCUT2D eigenvalue weighted by atomic mass is 16.6. The first-order chi connectivity index (χ1) is 20.3. The number of amides is 3. The lowest BCUT2D eigenvalue weighted by Gasteiger charge is -2.36. The highest BCUT2D eigenvalue weighted by molar-refractivity contribution is 5.99. The Balaban J connectivity index is 2.56. The minimum atomic E-state index is -0.909. The van der Waals surface area contributed by atoms with Crippen LogP contribution in [0, 0.1) is 19.8 Å². The minimum Gasteiger partial charge on any atom is -0.497 e. The number of alkyl carbamates (subject to hydrolysis) is 1. The summed E-state index contributed by atoms with van der Waals surface area (Å²) in [5, 5.41) is 5.85. The van der Waals surface area contributed by atoms with Crippen molar-refractivity contribution >= 4 is 23.6 Å². The van der Waals surface area contributed by atoms with E-state index in [-0.39, 0.29) is 17.7 Å². The minimum absolute atomic E-state index is 0.240. The summed E-state index contributed by atoms with van der Waals surface area (Å²) in [5.41, 5.74) is 2.49. The molecule has 0 aliphatic carbocycles. The SMILES string of the molecule is CCCCCCCCN(C(=O)C(NC(=O)OC(C)(C)C)C(C)C)C(C(=O)Nc1ccc(OC)cc1)c1c(C)cccc1C. The molecule has 238 valence electrons. The molecule has 0 fully saturated rings. The van der Waals surface area contributed by atoms with Gasteiger partial charge >= 0.3 is 6.09 Å². The standard InChI is InChI=1S/C35H53N3O5/c1-10-11-12-13-14-15-23-38(33(40)30(24(2)3)37-34(41)43-35(6,7)8)31(29-25(4)17-16-18-26(29)5)32(39)36-27-19-21-28(42-9)22-20-27/h16-22,24,30-31H,10-15,23H2,1-9H3,(H,36,39)(H,37,41). The molecule has 3 amide bonds. The fourth-order valence-electron chi connectivity index (χ4n) is 5.13. The summed E-state index contributed by atoms with van der Waals surface area (Å²) in [7, 11) is 1.59. The Bertz CT molecular complexity index is 1170. The molecule has 0 spiro atoms. The highest BCUT2D eigenvalue weighted by Gasteiger charge is 2.38. The van der Waals surface area contributed by atoms with Gasteiger partial charge in [0.1, 0.15) is 23.4 Å². The van der Waals surface area contributed by atoms with Gasteiger partial charge in [-0.25, -0.2) is 4.79 Å². The number of anilines is 1. The van der Waals surface area contributed by atoms with E-state index in [4.69, 9.17) is 9.47 Å². The van der Waals surface area contributed by atoms with Gasteiger partial charge in [0.2, 0.25) is 5.91 Å². The molecule has 0 saturated heterocycles. The zero-order chi connectivity index (χ0) is 32.2. The summed E-state index contributed by atoms with van der Waals surface area (Å²) < 4.78 is 10.8. The van der Waals surface area contributed by atoms with Gasteiger partial charge in [-0.3, -0.25) is 9.59 Å². The van der Waals surface area contributed by atoms with Crippen molar-refractivity contribution in [2.75, 3.05) is 19.0 Å². The van der Waals surface area contributed by atoms with Crippen molar-refractivity contribution in [2.24, 2.45) is 5.92 Å². The number of nitrogens with one attached hydrogen (secondary N) is 2. The number of methoxy groups -OCH3 is 1. The van der Waals surface area contributed by atoms with Crippen LogP contribution in [0.3, 0.4) is 0 Å². The summed E-state index contributed by atoms with van der Waals surface area (Å²) in [6.07, 6.45) is 5.54. The lowest BCUT2D eigenvalue weighted by Crippen LogP contribution is -2.54. The molecule has 2 unspecified atom stereocenters. The number of aryl methyl sites for hydroxylation is 2. The number of hydrogen-bond donors (Lipinski definition) is 2. The molecular formula is C35H53N3O5. The predicted molar refractivity (Wildman–Crippen MR) is 173 cm³/mol. The summed E-state index contributed by atoms with van der Waals surface area (Å²) >= 11 is 0. The molecule has 0 aliphatic heterocycles. The first-order valence-corrected chi connectivity index (χ1v) is 15.6. The molecule has 2 aromatic carbocycles. The van der Waals surface area contributed by atoms with Crippen molar-refractivity contribution in [1.82, 2.24) is 10.2 Å². The van der Waals surface area contributed by atoms with Crippen LogP contribution >= 0.6 is 0 Å². The lowest BCUT2D eigenvalue weighted by molar-refractivity contribution is -0.141. The van der Waals surface area contributed by atoms with Gasteiger partial charge in [-0.1, -0.05) is 71.1 Å². The quantitative estimate of drug-likeness (QED) is 0.205. The van der Waals surface area contributed by atoms with Crippen LogP contribution in [0.4, 0.5) is 10.5 Å². The molecule has 0 aromatic heterocycles. The van der Waals surface area contributed by atoms with E-state index in [0.717, 1.165) is 48.8 Å². The summed E-state index contributed by atoms with van der Waals surface area (Å²) in [6.45, 7) is 15.6. The van der Waals surface area contributed by atoms with Gasteiger partial charge in [0.05, 0.1) is 7.11 Å². The van der Waals surface area contributed by atoms with Crippen LogP contribution in [0.2, 0.25) is 0 Å². The van der Waals surface area contributed by atoms with Crippen molar-refractivity contribution in [2.45, 2.75) is 112 Å².